The maximum absolute atomic E-state index is 12.6. The molecule has 3 aromatic carbocycles. The van der Waals surface area contributed by atoms with Gasteiger partial charge in [-0.25, -0.2) is 0 Å². The van der Waals surface area contributed by atoms with Crippen molar-refractivity contribution in [1.82, 2.24) is 0 Å². The third-order valence-electron chi connectivity index (χ3n) is 4.44. The zero-order valence-corrected chi connectivity index (χ0v) is 15.5. The van der Waals surface area contributed by atoms with Crippen LogP contribution in [-0.4, -0.2) is 13.0 Å². The summed E-state index contributed by atoms with van der Waals surface area (Å²) in [7, 11) is 1.62. The summed E-state index contributed by atoms with van der Waals surface area (Å²) in [6, 6.07) is 19.3. The van der Waals surface area contributed by atoms with Crippen molar-refractivity contribution in [3.05, 3.63) is 76.9 Å². The van der Waals surface area contributed by atoms with E-state index in [0.717, 1.165) is 33.2 Å². The summed E-state index contributed by atoms with van der Waals surface area (Å²) in [6.45, 7) is 3.88. The van der Waals surface area contributed by atoms with Gasteiger partial charge in [0.25, 0.3) is 5.91 Å². The van der Waals surface area contributed by atoms with E-state index in [0.29, 0.717) is 5.69 Å². The second-order valence-electron chi connectivity index (χ2n) is 6.34. The number of nitrogens with one attached hydrogen (secondary N) is 1. The number of benzene rings is 3. The second kappa shape index (κ2) is 7.76. The smallest absolute Gasteiger partial charge is 0.266 e. The van der Waals surface area contributed by atoms with E-state index in [-0.39, 0.29) is 5.57 Å². The minimum absolute atomic E-state index is 0.0474. The molecule has 3 rings (SSSR count). The number of hydrogen-bond acceptors (Lipinski definition) is 3. The van der Waals surface area contributed by atoms with Crippen molar-refractivity contribution in [2.75, 3.05) is 12.4 Å². The van der Waals surface area contributed by atoms with Crippen LogP contribution in [0, 0.1) is 25.2 Å². The van der Waals surface area contributed by atoms with E-state index in [4.69, 9.17) is 4.74 Å². The van der Waals surface area contributed by atoms with E-state index in [9.17, 15) is 10.1 Å². The molecule has 0 saturated heterocycles. The van der Waals surface area contributed by atoms with Crippen molar-refractivity contribution < 1.29 is 9.53 Å². The highest BCUT2D eigenvalue weighted by Gasteiger charge is 2.13. The molecule has 0 heterocycles. The lowest BCUT2D eigenvalue weighted by Crippen LogP contribution is -2.14. The number of amides is 1. The first-order valence-corrected chi connectivity index (χ1v) is 8.59. The minimum Gasteiger partial charge on any atom is -0.496 e. The molecule has 0 fully saturated rings. The van der Waals surface area contributed by atoms with Gasteiger partial charge in [0, 0.05) is 11.1 Å². The Bertz CT molecular complexity index is 1090. The largest absolute Gasteiger partial charge is 0.496 e. The molecular formula is C23H20N2O2. The van der Waals surface area contributed by atoms with E-state index in [2.05, 4.69) is 5.32 Å². The van der Waals surface area contributed by atoms with Gasteiger partial charge in [0.1, 0.15) is 17.4 Å². The lowest BCUT2D eigenvalue weighted by molar-refractivity contribution is -0.112. The van der Waals surface area contributed by atoms with Crippen LogP contribution >= 0.6 is 0 Å². The van der Waals surface area contributed by atoms with Crippen LogP contribution in [-0.2, 0) is 4.79 Å². The Balaban J connectivity index is 2.00. The van der Waals surface area contributed by atoms with Crippen molar-refractivity contribution in [2.24, 2.45) is 0 Å². The standard InChI is InChI=1S/C23H20N2O2/c1-15-8-9-16(2)21(12-15)25-23(26)18(14-24)13-17-10-11-22(27-3)20-7-5-4-6-19(17)20/h4-13H,1-3H3,(H,25,26)/b18-13+. The lowest BCUT2D eigenvalue weighted by atomic mass is 10.0. The fraction of sp³-hybridized carbons (Fsp3) is 0.130. The lowest BCUT2D eigenvalue weighted by Gasteiger charge is -2.10. The first-order valence-electron chi connectivity index (χ1n) is 8.59. The number of ether oxygens (including phenoxy) is 1. The fourth-order valence-electron chi connectivity index (χ4n) is 2.96. The van der Waals surface area contributed by atoms with Gasteiger partial charge < -0.3 is 10.1 Å². The van der Waals surface area contributed by atoms with Crippen LogP contribution in [0.15, 0.2) is 60.2 Å². The number of hydrogen-bond donors (Lipinski definition) is 1. The minimum atomic E-state index is -0.425. The van der Waals surface area contributed by atoms with Crippen molar-refractivity contribution in [3.8, 4) is 11.8 Å². The molecule has 1 N–H and O–H groups in total. The monoisotopic (exact) mass is 356 g/mol. The molecule has 0 aliphatic heterocycles. The highest BCUT2D eigenvalue weighted by Crippen LogP contribution is 2.29. The number of aryl methyl sites for hydroxylation is 2. The maximum atomic E-state index is 12.6. The highest BCUT2D eigenvalue weighted by molar-refractivity contribution is 6.11. The normalized spacial score (nSPS) is 11.1. The molecule has 0 radical (unpaired) electrons. The molecule has 0 aromatic heterocycles. The van der Waals surface area contributed by atoms with Crippen LogP contribution < -0.4 is 10.1 Å². The van der Waals surface area contributed by atoms with Crippen molar-refractivity contribution in [2.45, 2.75) is 13.8 Å². The van der Waals surface area contributed by atoms with Gasteiger partial charge in [-0.15, -0.1) is 0 Å². The topological polar surface area (TPSA) is 62.1 Å². The van der Waals surface area contributed by atoms with Gasteiger partial charge in [-0.1, -0.05) is 42.5 Å². The van der Waals surface area contributed by atoms with E-state index >= 15 is 0 Å². The van der Waals surface area contributed by atoms with Crippen LogP contribution in [0.5, 0.6) is 5.75 Å². The van der Waals surface area contributed by atoms with Crippen molar-refractivity contribution >= 4 is 28.4 Å². The Morgan fingerprint density at radius 3 is 2.52 bits per heavy atom. The average Bonchev–Trinajstić information content (AvgIpc) is 2.68. The predicted molar refractivity (Wildman–Crippen MR) is 109 cm³/mol. The Morgan fingerprint density at radius 1 is 1.07 bits per heavy atom. The molecule has 0 aliphatic rings. The number of fused-ring (bicyclic) bond motifs is 1. The summed E-state index contributed by atoms with van der Waals surface area (Å²) in [5.74, 6) is 0.326. The molecule has 134 valence electrons. The number of carbonyl (C=O) groups is 1. The molecule has 0 unspecified atom stereocenters. The summed E-state index contributed by atoms with van der Waals surface area (Å²) < 4.78 is 5.40. The fourth-order valence-corrected chi connectivity index (χ4v) is 2.96. The number of anilines is 1. The highest BCUT2D eigenvalue weighted by atomic mass is 16.5. The van der Waals surface area contributed by atoms with Crippen molar-refractivity contribution in [1.29, 1.82) is 5.26 Å². The number of carbonyl (C=O) groups excluding carboxylic acids is 1. The summed E-state index contributed by atoms with van der Waals surface area (Å²) in [4.78, 5) is 12.6. The number of nitrogens with zero attached hydrogens (tertiary/aromatic N) is 1. The van der Waals surface area contributed by atoms with Crippen molar-refractivity contribution in [3.63, 3.8) is 0 Å². The molecule has 0 bridgehead atoms. The van der Waals surface area contributed by atoms with Gasteiger partial charge in [0.05, 0.1) is 7.11 Å². The van der Waals surface area contributed by atoms with Crippen LogP contribution in [0.4, 0.5) is 5.69 Å². The molecule has 0 aliphatic carbocycles. The van der Waals surface area contributed by atoms with E-state index in [1.54, 1.807) is 13.2 Å². The first-order chi connectivity index (χ1) is 13.0. The number of nitriles is 1. The molecule has 0 spiro atoms. The SMILES string of the molecule is COc1ccc(/C=C(\C#N)C(=O)Nc2cc(C)ccc2C)c2ccccc12. The molecule has 4 heteroatoms. The zero-order chi connectivity index (χ0) is 19.4. The first kappa shape index (κ1) is 18.2. The van der Waals surface area contributed by atoms with E-state index < -0.39 is 5.91 Å². The van der Waals surface area contributed by atoms with Gasteiger partial charge >= 0.3 is 0 Å². The van der Waals surface area contributed by atoms with Gasteiger partial charge in [0.2, 0.25) is 0 Å². The van der Waals surface area contributed by atoms with Crippen LogP contribution in [0.1, 0.15) is 16.7 Å². The van der Waals surface area contributed by atoms with Crippen LogP contribution in [0.3, 0.4) is 0 Å². The van der Waals surface area contributed by atoms with Gasteiger partial charge in [-0.2, -0.15) is 5.26 Å². The molecule has 1 amide bonds. The maximum Gasteiger partial charge on any atom is 0.266 e. The average molecular weight is 356 g/mol. The van der Waals surface area contributed by atoms with E-state index in [1.165, 1.54) is 0 Å². The summed E-state index contributed by atoms with van der Waals surface area (Å²) in [5, 5.41) is 14.2. The Hall–Kier alpha value is -3.58. The molecule has 27 heavy (non-hydrogen) atoms. The molecular weight excluding hydrogens is 336 g/mol. The van der Waals surface area contributed by atoms with Gasteiger partial charge in [0.15, 0.2) is 0 Å². The Labute approximate surface area is 158 Å². The van der Waals surface area contributed by atoms with Gasteiger partial charge in [-0.3, -0.25) is 4.79 Å². The molecule has 4 nitrogen and oxygen atoms in total. The second-order valence-corrected chi connectivity index (χ2v) is 6.34. The van der Waals surface area contributed by atoms with Crippen LogP contribution in [0.2, 0.25) is 0 Å². The number of rotatable bonds is 4. The Kier molecular flexibility index (Phi) is 5.23. The van der Waals surface area contributed by atoms with Gasteiger partial charge in [-0.05, 0) is 54.1 Å². The quantitative estimate of drug-likeness (QED) is 0.528. The Morgan fingerprint density at radius 2 is 1.81 bits per heavy atom. The molecule has 0 saturated carbocycles. The predicted octanol–water partition coefficient (Wildman–Crippen LogP) is 5.01. The molecule has 0 atom stereocenters. The molecule has 3 aromatic rings. The van der Waals surface area contributed by atoms with Crippen LogP contribution in [0.25, 0.3) is 16.8 Å². The summed E-state index contributed by atoms with van der Waals surface area (Å²) >= 11 is 0. The zero-order valence-electron chi connectivity index (χ0n) is 15.5. The summed E-state index contributed by atoms with van der Waals surface area (Å²) in [5.41, 5.74) is 3.53. The third-order valence-corrected chi connectivity index (χ3v) is 4.44. The number of methoxy groups -OCH3 is 1. The van der Waals surface area contributed by atoms with E-state index in [1.807, 2.05) is 74.5 Å². The summed E-state index contributed by atoms with van der Waals surface area (Å²) in [6.07, 6.45) is 1.61. The third kappa shape index (κ3) is 3.83.